The van der Waals surface area contributed by atoms with Gasteiger partial charge in [-0.05, 0) is 32.4 Å². The quantitative estimate of drug-likeness (QED) is 0.717. The molecule has 0 aromatic carbocycles. The zero-order valence-corrected chi connectivity index (χ0v) is 18.7. The minimum atomic E-state index is -0.233. The lowest BCUT2D eigenvalue weighted by Crippen LogP contribution is -2.63. The molecule has 9 nitrogen and oxygen atoms in total. The SMILES string of the molecule is CCOC(=O)N1CC2(CC(N3CCN(c4ncccc4-c4cnc(C)cn4)CC3)CO2)C1. The van der Waals surface area contributed by atoms with Crippen molar-refractivity contribution in [3.05, 3.63) is 36.4 Å². The highest BCUT2D eigenvalue weighted by atomic mass is 16.6. The zero-order valence-electron chi connectivity index (χ0n) is 18.7. The first-order valence-electron chi connectivity index (χ1n) is 11.4. The monoisotopic (exact) mass is 438 g/mol. The van der Waals surface area contributed by atoms with Crippen molar-refractivity contribution in [1.29, 1.82) is 0 Å². The molecule has 2 aromatic heterocycles. The van der Waals surface area contributed by atoms with E-state index in [4.69, 9.17) is 9.47 Å². The molecule has 5 heterocycles. The molecule has 1 amide bonds. The number of aromatic nitrogens is 3. The van der Waals surface area contributed by atoms with E-state index < -0.39 is 0 Å². The molecule has 0 N–H and O–H groups in total. The Hall–Kier alpha value is -2.78. The van der Waals surface area contributed by atoms with Gasteiger partial charge in [0.1, 0.15) is 11.4 Å². The molecule has 32 heavy (non-hydrogen) atoms. The van der Waals surface area contributed by atoms with Gasteiger partial charge in [-0.25, -0.2) is 9.78 Å². The van der Waals surface area contributed by atoms with Gasteiger partial charge in [-0.2, -0.15) is 0 Å². The summed E-state index contributed by atoms with van der Waals surface area (Å²) >= 11 is 0. The average Bonchev–Trinajstić information content (AvgIpc) is 3.25. The Labute approximate surface area is 188 Å². The Morgan fingerprint density at radius 1 is 1.19 bits per heavy atom. The molecule has 2 aromatic rings. The first kappa shape index (κ1) is 21.1. The molecule has 170 valence electrons. The van der Waals surface area contributed by atoms with E-state index >= 15 is 0 Å². The number of amides is 1. The van der Waals surface area contributed by atoms with E-state index in [2.05, 4.69) is 30.8 Å². The third-order valence-corrected chi connectivity index (χ3v) is 6.65. The van der Waals surface area contributed by atoms with Gasteiger partial charge in [0.25, 0.3) is 0 Å². The number of anilines is 1. The Morgan fingerprint density at radius 3 is 2.72 bits per heavy atom. The molecule has 9 heteroatoms. The molecular formula is C23H30N6O3. The summed E-state index contributed by atoms with van der Waals surface area (Å²) in [5.41, 5.74) is 2.59. The average molecular weight is 439 g/mol. The van der Waals surface area contributed by atoms with E-state index in [9.17, 15) is 4.79 Å². The molecule has 3 fully saturated rings. The van der Waals surface area contributed by atoms with E-state index in [-0.39, 0.29) is 11.7 Å². The van der Waals surface area contributed by atoms with Crippen LogP contribution >= 0.6 is 0 Å². The van der Waals surface area contributed by atoms with Gasteiger partial charge in [0, 0.05) is 50.2 Å². The number of piperazine rings is 1. The Morgan fingerprint density at radius 2 is 2.00 bits per heavy atom. The largest absolute Gasteiger partial charge is 0.450 e. The summed E-state index contributed by atoms with van der Waals surface area (Å²) in [5.74, 6) is 0.966. The molecular weight excluding hydrogens is 408 g/mol. The molecule has 0 bridgehead atoms. The number of carbonyl (C=O) groups is 1. The number of hydrogen-bond acceptors (Lipinski definition) is 8. The topological polar surface area (TPSA) is 83.9 Å². The third kappa shape index (κ3) is 4.02. The van der Waals surface area contributed by atoms with Gasteiger partial charge < -0.3 is 19.3 Å². The van der Waals surface area contributed by atoms with Gasteiger partial charge in [-0.1, -0.05) is 0 Å². The van der Waals surface area contributed by atoms with Crippen molar-refractivity contribution >= 4 is 11.9 Å². The minimum Gasteiger partial charge on any atom is -0.450 e. The number of ether oxygens (including phenoxy) is 2. The summed E-state index contributed by atoms with van der Waals surface area (Å²) in [6, 6.07) is 4.41. The summed E-state index contributed by atoms with van der Waals surface area (Å²) < 4.78 is 11.3. The fraction of sp³-hybridized carbons (Fsp3) is 0.565. The van der Waals surface area contributed by atoms with Crippen LogP contribution in [-0.2, 0) is 9.47 Å². The fourth-order valence-electron chi connectivity index (χ4n) is 4.95. The van der Waals surface area contributed by atoms with Crippen LogP contribution in [0.1, 0.15) is 19.0 Å². The summed E-state index contributed by atoms with van der Waals surface area (Å²) in [4.78, 5) is 32.1. The summed E-state index contributed by atoms with van der Waals surface area (Å²) in [5, 5.41) is 0. The second-order valence-electron chi connectivity index (χ2n) is 8.85. The number of aryl methyl sites for hydroxylation is 1. The van der Waals surface area contributed by atoms with Crippen LogP contribution in [0.25, 0.3) is 11.3 Å². The zero-order chi connectivity index (χ0) is 22.1. The van der Waals surface area contributed by atoms with Crippen molar-refractivity contribution in [2.75, 3.05) is 57.4 Å². The highest BCUT2D eigenvalue weighted by Gasteiger charge is 2.52. The molecule has 0 radical (unpaired) electrons. The predicted octanol–water partition coefficient (Wildman–Crippen LogP) is 1.97. The smallest absolute Gasteiger partial charge is 0.409 e. The van der Waals surface area contributed by atoms with E-state index in [0.717, 1.165) is 62.0 Å². The standard InChI is InChI=1S/C23H30N6O3/c1-3-31-22(30)29-15-23(16-29)11-18(14-32-23)27-7-9-28(10-8-27)21-19(5-4-6-24-21)20-13-25-17(2)12-26-20/h4-6,12-13,18H,3,7-11,14-16H2,1-2H3. The van der Waals surface area contributed by atoms with E-state index in [1.807, 2.05) is 32.3 Å². The Kier molecular flexibility index (Phi) is 5.69. The van der Waals surface area contributed by atoms with E-state index in [0.29, 0.717) is 25.7 Å². The van der Waals surface area contributed by atoms with Crippen LogP contribution in [0, 0.1) is 6.92 Å². The van der Waals surface area contributed by atoms with Gasteiger partial charge >= 0.3 is 6.09 Å². The maximum absolute atomic E-state index is 11.9. The summed E-state index contributed by atoms with van der Waals surface area (Å²) in [6.07, 6.45) is 6.19. The Balaban J connectivity index is 1.18. The number of hydrogen-bond donors (Lipinski definition) is 0. The Bertz CT molecular complexity index is 954. The highest BCUT2D eigenvalue weighted by molar-refractivity contribution is 5.72. The molecule has 0 saturated carbocycles. The van der Waals surface area contributed by atoms with Crippen molar-refractivity contribution < 1.29 is 14.3 Å². The van der Waals surface area contributed by atoms with Crippen LogP contribution < -0.4 is 4.90 Å². The van der Waals surface area contributed by atoms with Crippen molar-refractivity contribution in [3.63, 3.8) is 0 Å². The second-order valence-corrected chi connectivity index (χ2v) is 8.85. The highest BCUT2D eigenvalue weighted by Crippen LogP contribution is 2.38. The van der Waals surface area contributed by atoms with Gasteiger partial charge in [-0.15, -0.1) is 0 Å². The van der Waals surface area contributed by atoms with Crippen molar-refractivity contribution in [2.24, 2.45) is 0 Å². The molecule has 0 aliphatic carbocycles. The summed E-state index contributed by atoms with van der Waals surface area (Å²) in [7, 11) is 0. The maximum Gasteiger partial charge on any atom is 0.409 e. The van der Waals surface area contributed by atoms with Crippen LogP contribution in [0.3, 0.4) is 0 Å². The fourth-order valence-corrected chi connectivity index (χ4v) is 4.95. The van der Waals surface area contributed by atoms with Crippen molar-refractivity contribution in [1.82, 2.24) is 24.8 Å². The van der Waals surface area contributed by atoms with Crippen molar-refractivity contribution in [2.45, 2.75) is 31.9 Å². The van der Waals surface area contributed by atoms with Crippen LogP contribution in [0.4, 0.5) is 10.6 Å². The number of rotatable bonds is 4. The van der Waals surface area contributed by atoms with Crippen LogP contribution in [0.2, 0.25) is 0 Å². The molecule has 3 aliphatic heterocycles. The lowest BCUT2D eigenvalue weighted by molar-refractivity contribution is -0.101. The molecule has 5 rings (SSSR count). The molecule has 1 unspecified atom stereocenters. The minimum absolute atomic E-state index is 0.188. The van der Waals surface area contributed by atoms with Gasteiger partial charge in [0.05, 0.1) is 43.9 Å². The first-order valence-corrected chi connectivity index (χ1v) is 11.4. The maximum atomic E-state index is 11.9. The third-order valence-electron chi connectivity index (χ3n) is 6.65. The lowest BCUT2D eigenvalue weighted by Gasteiger charge is -2.46. The van der Waals surface area contributed by atoms with Gasteiger partial charge in [0.15, 0.2) is 0 Å². The molecule has 1 spiro atoms. The summed E-state index contributed by atoms with van der Waals surface area (Å²) in [6.45, 7) is 9.90. The first-order chi connectivity index (χ1) is 15.6. The number of pyridine rings is 1. The lowest BCUT2D eigenvalue weighted by atomic mass is 9.89. The van der Waals surface area contributed by atoms with E-state index in [1.165, 1.54) is 0 Å². The second kappa shape index (κ2) is 8.63. The van der Waals surface area contributed by atoms with Gasteiger partial charge in [-0.3, -0.25) is 14.9 Å². The van der Waals surface area contributed by atoms with Crippen LogP contribution in [-0.4, -0.2) is 95.0 Å². The number of likely N-dealkylation sites (tertiary alicyclic amines) is 1. The van der Waals surface area contributed by atoms with Crippen LogP contribution in [0.5, 0.6) is 0 Å². The number of nitrogens with zero attached hydrogens (tertiary/aromatic N) is 6. The van der Waals surface area contributed by atoms with Gasteiger partial charge in [0.2, 0.25) is 0 Å². The molecule has 1 atom stereocenters. The van der Waals surface area contributed by atoms with Crippen molar-refractivity contribution in [3.8, 4) is 11.3 Å². The number of carbonyl (C=O) groups excluding carboxylic acids is 1. The van der Waals surface area contributed by atoms with Crippen LogP contribution in [0.15, 0.2) is 30.7 Å². The normalized spacial score (nSPS) is 22.8. The van der Waals surface area contributed by atoms with E-state index in [1.54, 1.807) is 11.1 Å². The molecule has 3 aliphatic rings. The molecule has 3 saturated heterocycles. The predicted molar refractivity (Wildman–Crippen MR) is 119 cm³/mol.